The van der Waals surface area contributed by atoms with Gasteiger partial charge in [0.05, 0.1) is 17.3 Å². The fourth-order valence-electron chi connectivity index (χ4n) is 5.43. The quantitative estimate of drug-likeness (QED) is 0.596. The molecule has 3 aromatic rings. The lowest BCUT2D eigenvalue weighted by Crippen LogP contribution is -2.49. The van der Waals surface area contributed by atoms with Gasteiger partial charge in [0, 0.05) is 38.3 Å². The summed E-state index contributed by atoms with van der Waals surface area (Å²) in [6.45, 7) is 10.9. The van der Waals surface area contributed by atoms with Gasteiger partial charge in [0.2, 0.25) is 0 Å². The van der Waals surface area contributed by atoms with E-state index in [1.54, 1.807) is 0 Å². The second-order valence-electron chi connectivity index (χ2n) is 10.4. The molecule has 5 rings (SSSR count). The first kappa shape index (κ1) is 23.5. The van der Waals surface area contributed by atoms with Gasteiger partial charge in [0.1, 0.15) is 5.82 Å². The highest BCUT2D eigenvalue weighted by atomic mass is 16.2. The van der Waals surface area contributed by atoms with Gasteiger partial charge in [0.15, 0.2) is 5.82 Å². The number of carbonyl (C=O) groups is 1. The van der Waals surface area contributed by atoms with E-state index < -0.39 is 0 Å². The Bertz CT molecular complexity index is 1170. The summed E-state index contributed by atoms with van der Waals surface area (Å²) in [5.41, 5.74) is 3.93. The molecule has 2 aromatic carbocycles. The molecule has 0 radical (unpaired) electrons. The van der Waals surface area contributed by atoms with Crippen LogP contribution in [0, 0.1) is 18.8 Å². The number of hydrogen-bond acceptors (Lipinski definition) is 5. The number of carbonyl (C=O) groups excluding carboxylic acids is 1. The molecule has 0 spiro atoms. The van der Waals surface area contributed by atoms with Crippen LogP contribution in [0.3, 0.4) is 0 Å². The van der Waals surface area contributed by atoms with Crippen LogP contribution in [0.2, 0.25) is 0 Å². The van der Waals surface area contributed by atoms with Crippen LogP contribution in [0.5, 0.6) is 0 Å². The number of rotatable bonds is 5. The first-order chi connectivity index (χ1) is 16.9. The van der Waals surface area contributed by atoms with Crippen LogP contribution in [-0.2, 0) is 0 Å². The number of likely N-dealkylation sites (N-methyl/N-ethyl adjacent to an activating group) is 1. The molecule has 1 N–H and O–H groups in total. The molecule has 0 unspecified atom stereocenters. The predicted octanol–water partition coefficient (Wildman–Crippen LogP) is 4.39. The summed E-state index contributed by atoms with van der Waals surface area (Å²) in [7, 11) is 2.13. The van der Waals surface area contributed by atoms with Crippen molar-refractivity contribution in [2.24, 2.45) is 11.8 Å². The average Bonchev–Trinajstić information content (AvgIpc) is 3.53. The lowest BCUT2D eigenvalue weighted by atomic mass is 9.95. The van der Waals surface area contributed by atoms with Crippen molar-refractivity contribution in [2.45, 2.75) is 33.2 Å². The Kier molecular flexibility index (Phi) is 6.60. The highest BCUT2D eigenvalue weighted by molar-refractivity contribution is 6.01. The fourth-order valence-corrected chi connectivity index (χ4v) is 5.43. The van der Waals surface area contributed by atoms with Crippen LogP contribution in [0.25, 0.3) is 11.4 Å². The Labute approximate surface area is 208 Å². The third-order valence-corrected chi connectivity index (χ3v) is 7.64. The molecule has 0 bridgehead atoms. The van der Waals surface area contributed by atoms with E-state index in [0.717, 1.165) is 61.1 Å². The van der Waals surface area contributed by atoms with Crippen molar-refractivity contribution in [2.75, 3.05) is 44.7 Å². The number of benzene rings is 2. The molecular weight excluding hydrogens is 436 g/mol. The summed E-state index contributed by atoms with van der Waals surface area (Å²) < 4.78 is 0. The molecule has 0 aliphatic carbocycles. The number of aromatic nitrogens is 3. The zero-order chi connectivity index (χ0) is 24.5. The molecule has 1 amide bonds. The van der Waals surface area contributed by atoms with Gasteiger partial charge < -0.3 is 19.7 Å². The fraction of sp³-hybridized carbons (Fsp3) is 0.464. The number of anilines is 1. The topological polar surface area (TPSA) is 68.4 Å². The van der Waals surface area contributed by atoms with Gasteiger partial charge in [-0.05, 0) is 49.9 Å². The van der Waals surface area contributed by atoms with Crippen LogP contribution in [0.15, 0.2) is 48.5 Å². The highest BCUT2D eigenvalue weighted by Crippen LogP contribution is 2.35. The summed E-state index contributed by atoms with van der Waals surface area (Å²) in [6.07, 6.45) is 1.15. The minimum atomic E-state index is 0.0360. The normalized spacial score (nSPS) is 21.2. The van der Waals surface area contributed by atoms with E-state index in [0.29, 0.717) is 18.4 Å². The second kappa shape index (κ2) is 9.82. The van der Waals surface area contributed by atoms with Crippen molar-refractivity contribution in [1.82, 2.24) is 25.0 Å². The Morgan fingerprint density at radius 1 is 1.03 bits per heavy atom. The molecule has 7 nitrogen and oxygen atoms in total. The van der Waals surface area contributed by atoms with Gasteiger partial charge in [-0.3, -0.25) is 4.79 Å². The number of aryl methyl sites for hydroxylation is 1. The van der Waals surface area contributed by atoms with Crippen molar-refractivity contribution in [1.29, 1.82) is 0 Å². The molecule has 35 heavy (non-hydrogen) atoms. The van der Waals surface area contributed by atoms with Crippen LogP contribution >= 0.6 is 0 Å². The summed E-state index contributed by atoms with van der Waals surface area (Å²) in [5.74, 6) is 2.89. The zero-order valence-corrected chi connectivity index (χ0v) is 21.2. The summed E-state index contributed by atoms with van der Waals surface area (Å²) in [6, 6.07) is 16.6. The molecule has 2 saturated heterocycles. The molecule has 7 heteroatoms. The monoisotopic (exact) mass is 472 g/mol. The Hall–Kier alpha value is -3.19. The zero-order valence-electron chi connectivity index (χ0n) is 21.2. The van der Waals surface area contributed by atoms with E-state index in [9.17, 15) is 4.79 Å². The van der Waals surface area contributed by atoms with E-state index in [-0.39, 0.29) is 11.9 Å². The maximum Gasteiger partial charge on any atom is 0.256 e. The van der Waals surface area contributed by atoms with Crippen molar-refractivity contribution in [3.8, 4) is 11.4 Å². The third kappa shape index (κ3) is 4.82. The molecule has 2 atom stereocenters. The number of piperazine rings is 1. The van der Waals surface area contributed by atoms with Gasteiger partial charge >= 0.3 is 0 Å². The maximum atomic E-state index is 14.2. The van der Waals surface area contributed by atoms with E-state index >= 15 is 0 Å². The molecule has 0 saturated carbocycles. The third-order valence-electron chi connectivity index (χ3n) is 7.64. The van der Waals surface area contributed by atoms with Crippen molar-refractivity contribution < 1.29 is 4.79 Å². The first-order valence-electron chi connectivity index (χ1n) is 12.7. The minimum Gasteiger partial charge on any atom is -0.371 e. The number of hydrogen-bond donors (Lipinski definition) is 1. The maximum absolute atomic E-state index is 14.2. The Morgan fingerprint density at radius 2 is 1.83 bits per heavy atom. The Morgan fingerprint density at radius 3 is 2.51 bits per heavy atom. The number of aromatic amines is 1. The minimum absolute atomic E-state index is 0.0360. The van der Waals surface area contributed by atoms with Gasteiger partial charge in [-0.15, -0.1) is 10.2 Å². The summed E-state index contributed by atoms with van der Waals surface area (Å²) in [4.78, 5) is 24.2. The van der Waals surface area contributed by atoms with Gasteiger partial charge in [-0.1, -0.05) is 50.2 Å². The molecule has 184 valence electrons. The first-order valence-corrected chi connectivity index (χ1v) is 12.7. The van der Waals surface area contributed by atoms with Crippen molar-refractivity contribution >= 4 is 11.6 Å². The molecule has 2 aliphatic rings. The lowest BCUT2D eigenvalue weighted by Gasteiger charge is -2.41. The summed E-state index contributed by atoms with van der Waals surface area (Å²) >= 11 is 0. The van der Waals surface area contributed by atoms with Crippen molar-refractivity contribution in [3.63, 3.8) is 0 Å². The van der Waals surface area contributed by atoms with E-state index in [4.69, 9.17) is 0 Å². The van der Waals surface area contributed by atoms with Gasteiger partial charge in [-0.25, -0.2) is 0 Å². The molecule has 2 fully saturated rings. The largest absolute Gasteiger partial charge is 0.371 e. The number of H-pyrrole nitrogens is 1. The van der Waals surface area contributed by atoms with E-state index in [1.165, 1.54) is 5.56 Å². The average molecular weight is 473 g/mol. The number of amides is 1. The Balaban J connectivity index is 1.53. The standard InChI is InChI=1S/C28H36N6O/c1-19(2)23-12-13-33(17-23)25-16-22(27-29-20(3)30-31-27)10-11-24(25)28(35)34-15-14-32(4)18-26(34)21-8-6-5-7-9-21/h5-11,16,19,23,26H,12-15,17-18H2,1-4H3,(H,29,30,31)/t23-,26-/m0/s1. The van der Waals surface area contributed by atoms with Crippen LogP contribution in [0.4, 0.5) is 5.69 Å². The SMILES string of the molecule is Cc1nnc(-c2ccc(C(=O)N3CCN(C)C[C@H]3c3ccccc3)c(N3CC[C@H](C(C)C)C3)c2)[nH]1. The van der Waals surface area contributed by atoms with Crippen LogP contribution in [0.1, 0.15) is 48.1 Å². The van der Waals surface area contributed by atoms with E-state index in [1.807, 2.05) is 25.1 Å². The molecular formula is C28H36N6O. The predicted molar refractivity (Wildman–Crippen MR) is 139 cm³/mol. The highest BCUT2D eigenvalue weighted by Gasteiger charge is 2.34. The van der Waals surface area contributed by atoms with Gasteiger partial charge in [-0.2, -0.15) is 0 Å². The van der Waals surface area contributed by atoms with Crippen LogP contribution in [-0.4, -0.2) is 70.7 Å². The molecule has 3 heterocycles. The van der Waals surface area contributed by atoms with E-state index in [2.05, 4.69) is 81.1 Å². The summed E-state index contributed by atoms with van der Waals surface area (Å²) in [5, 5.41) is 8.43. The number of nitrogens with one attached hydrogen (secondary N) is 1. The van der Waals surface area contributed by atoms with Crippen LogP contribution < -0.4 is 4.90 Å². The van der Waals surface area contributed by atoms with Crippen molar-refractivity contribution in [3.05, 3.63) is 65.5 Å². The molecule has 2 aliphatic heterocycles. The smallest absolute Gasteiger partial charge is 0.256 e. The molecule has 1 aromatic heterocycles. The van der Waals surface area contributed by atoms with Gasteiger partial charge in [0.25, 0.3) is 5.91 Å². The second-order valence-corrected chi connectivity index (χ2v) is 10.4. The number of nitrogens with zero attached hydrogens (tertiary/aromatic N) is 5. The lowest BCUT2D eigenvalue weighted by molar-refractivity contribution is 0.0498.